The molecule has 0 unspecified atom stereocenters. The summed E-state index contributed by atoms with van der Waals surface area (Å²) in [4.78, 5) is 0. The molecule has 0 heterocycles. The van der Waals surface area contributed by atoms with Gasteiger partial charge in [0.25, 0.3) is 0 Å². The van der Waals surface area contributed by atoms with Gasteiger partial charge in [-0.2, -0.15) is 5.26 Å². The van der Waals surface area contributed by atoms with Crippen LogP contribution in [0.4, 0.5) is 0 Å². The van der Waals surface area contributed by atoms with E-state index in [1.165, 1.54) is 6.19 Å². The molecule has 4 nitrogen and oxygen atoms in total. The predicted octanol–water partition coefficient (Wildman–Crippen LogP) is -1.39. The zero-order valence-electron chi connectivity index (χ0n) is 3.59. The fourth-order valence-electron chi connectivity index (χ4n) is 0. The molecule has 0 spiro atoms. The zero-order chi connectivity index (χ0) is 6.28. The number of hydrogen-bond acceptors (Lipinski definition) is 3. The van der Waals surface area contributed by atoms with E-state index in [1.807, 2.05) is 0 Å². The molecule has 0 amide bonds. The smallest absolute Gasteiger partial charge is 0.173 e. The minimum absolute atomic E-state index is 0.000000000000000222. The van der Waals surface area contributed by atoms with Crippen LogP contribution in [0.5, 0.6) is 0 Å². The van der Waals surface area contributed by atoms with Gasteiger partial charge in [-0.15, -0.1) is 0 Å². The lowest BCUT2D eigenvalue weighted by Crippen LogP contribution is -2.18. The van der Waals surface area contributed by atoms with Gasteiger partial charge in [-0.25, -0.2) is 0 Å². The Balaban J connectivity index is 0. The molecule has 0 bridgehead atoms. The van der Waals surface area contributed by atoms with Crippen molar-refractivity contribution < 1.29 is 0 Å². The third-order valence-corrected chi connectivity index (χ3v) is 0. The summed E-state index contributed by atoms with van der Waals surface area (Å²) < 4.78 is 0. The van der Waals surface area contributed by atoms with Gasteiger partial charge in [0.15, 0.2) is 11.3 Å². The van der Waals surface area contributed by atoms with Gasteiger partial charge in [-0.1, -0.05) is 0 Å². The van der Waals surface area contributed by atoms with Crippen molar-refractivity contribution in [3.63, 3.8) is 0 Å². The Bertz CT molecular complexity index is 78.2. The molecule has 5 heteroatoms. The number of nitrogens with zero attached hydrogens (tertiary/aromatic N) is 1. The van der Waals surface area contributed by atoms with Gasteiger partial charge in [0, 0.05) is 0 Å². The minimum atomic E-state index is 0.000000000000000222. The summed E-state index contributed by atoms with van der Waals surface area (Å²) in [7, 11) is 0. The van der Waals surface area contributed by atoms with Crippen LogP contribution in [0.25, 0.3) is 0 Å². The van der Waals surface area contributed by atoms with Crippen molar-refractivity contribution in [1.29, 1.82) is 5.26 Å². The first kappa shape index (κ1) is 9.36. The largest absolute Gasteiger partial charge is 0.377 e. The Morgan fingerprint density at radius 1 is 1.57 bits per heavy atom. The maximum absolute atomic E-state index is 7.10. The summed E-state index contributed by atoms with van der Waals surface area (Å²) in [5.41, 5.74) is 13.4. The number of rotatable bonds is 0. The average Bonchev–Trinajstić information content (AvgIpc) is 1.33. The maximum Gasteiger partial charge on any atom is 0.173 e. The summed E-state index contributed by atoms with van der Waals surface area (Å²) >= 11 is 4.09. The van der Waals surface area contributed by atoms with E-state index in [0.717, 1.165) is 0 Å². The quantitative estimate of drug-likeness (QED) is 0.206. The van der Waals surface area contributed by atoms with Crippen LogP contribution in [0.2, 0.25) is 0 Å². The van der Waals surface area contributed by atoms with Gasteiger partial charge in [0.1, 0.15) is 0 Å². The lowest BCUT2D eigenvalue weighted by molar-refractivity contribution is 1.45. The summed E-state index contributed by atoms with van der Waals surface area (Å²) in [6.07, 6.45) is 1.25. The summed E-state index contributed by atoms with van der Waals surface area (Å²) in [5.74, 6) is 0. The third kappa shape index (κ3) is 42.5. The Hall–Kier alpha value is -1.02. The van der Waals surface area contributed by atoms with E-state index in [2.05, 4.69) is 29.4 Å². The second kappa shape index (κ2) is 8.88. The second-order valence-corrected chi connectivity index (χ2v) is 1.00. The van der Waals surface area contributed by atoms with Crippen LogP contribution < -0.4 is 17.2 Å². The zero-order valence-corrected chi connectivity index (χ0v) is 4.40. The van der Waals surface area contributed by atoms with Crippen LogP contribution >= 0.6 is 12.2 Å². The van der Waals surface area contributed by atoms with E-state index >= 15 is 0 Å². The summed E-state index contributed by atoms with van der Waals surface area (Å²) in [6, 6.07) is 0. The normalized spacial score (nSPS) is 4.43. The first-order valence-electron chi connectivity index (χ1n) is 1.29. The van der Waals surface area contributed by atoms with Gasteiger partial charge < -0.3 is 17.2 Å². The molecule has 6 N–H and O–H groups in total. The molecule has 40 valence electrons. The molecule has 0 aromatic carbocycles. The highest BCUT2D eigenvalue weighted by Gasteiger charge is 1.53. The molecular weight excluding hydrogens is 112 g/mol. The van der Waals surface area contributed by atoms with Gasteiger partial charge >= 0.3 is 0 Å². The molecule has 0 rings (SSSR count). The van der Waals surface area contributed by atoms with Crippen LogP contribution in [0.1, 0.15) is 0 Å². The Morgan fingerprint density at radius 3 is 1.57 bits per heavy atom. The fraction of sp³-hybridized carbons (Fsp3) is 0. The molecular formula is C2H6N4S. The van der Waals surface area contributed by atoms with Crippen LogP contribution in [0.15, 0.2) is 0 Å². The first-order valence-corrected chi connectivity index (χ1v) is 1.70. The number of thiocarbonyl (C=S) groups is 1. The molecule has 0 radical (unpaired) electrons. The lowest BCUT2D eigenvalue weighted by Gasteiger charge is -1.68. The van der Waals surface area contributed by atoms with Crippen LogP contribution in [0.3, 0.4) is 0 Å². The number of nitriles is 1. The summed E-state index contributed by atoms with van der Waals surface area (Å²) in [6.45, 7) is 0. The highest BCUT2D eigenvalue weighted by molar-refractivity contribution is 7.80. The number of nitrogens with two attached hydrogens (primary N) is 3. The average molecular weight is 118 g/mol. The van der Waals surface area contributed by atoms with Gasteiger partial charge in [0.05, 0.1) is 0 Å². The third-order valence-electron chi connectivity index (χ3n) is 0. The molecule has 0 saturated carbocycles. The Labute approximate surface area is 46.9 Å². The molecule has 0 aromatic rings. The Morgan fingerprint density at radius 2 is 1.57 bits per heavy atom. The highest BCUT2D eigenvalue weighted by Crippen LogP contribution is 1.32. The Kier molecular flexibility index (Phi) is 11.9. The molecule has 0 atom stereocenters. The molecule has 0 saturated heterocycles. The molecule has 0 aliphatic heterocycles. The van der Waals surface area contributed by atoms with Crippen LogP contribution in [-0.2, 0) is 0 Å². The van der Waals surface area contributed by atoms with E-state index in [9.17, 15) is 0 Å². The standard InChI is InChI=1S/CH4N2S.CH2N2/c2-1(3)4;2-1-3/h(H4,2,3,4);2H2. The van der Waals surface area contributed by atoms with Crippen LogP contribution in [-0.4, -0.2) is 5.11 Å². The number of hydrogen-bond donors (Lipinski definition) is 3. The lowest BCUT2D eigenvalue weighted by atomic mass is 11.3. The van der Waals surface area contributed by atoms with E-state index in [-0.39, 0.29) is 5.11 Å². The van der Waals surface area contributed by atoms with Crippen molar-refractivity contribution in [3.05, 3.63) is 0 Å². The van der Waals surface area contributed by atoms with E-state index in [0.29, 0.717) is 0 Å². The van der Waals surface area contributed by atoms with Crippen molar-refractivity contribution in [1.82, 2.24) is 0 Å². The topological polar surface area (TPSA) is 102 Å². The summed E-state index contributed by atoms with van der Waals surface area (Å²) in [5, 5.41) is 7.10. The molecule has 0 aliphatic rings. The van der Waals surface area contributed by atoms with E-state index in [1.54, 1.807) is 0 Å². The first-order chi connectivity index (χ1) is 3.15. The minimum Gasteiger partial charge on any atom is -0.377 e. The van der Waals surface area contributed by atoms with Crippen molar-refractivity contribution in [3.8, 4) is 6.19 Å². The van der Waals surface area contributed by atoms with E-state index < -0.39 is 0 Å². The molecule has 0 aliphatic carbocycles. The second-order valence-electron chi connectivity index (χ2n) is 0.531. The van der Waals surface area contributed by atoms with Crippen molar-refractivity contribution >= 4 is 17.3 Å². The molecule has 0 fully saturated rings. The van der Waals surface area contributed by atoms with Gasteiger partial charge in [0.2, 0.25) is 0 Å². The molecule has 7 heavy (non-hydrogen) atoms. The van der Waals surface area contributed by atoms with E-state index in [4.69, 9.17) is 5.26 Å². The SMILES string of the molecule is N#CN.NC(N)=S. The predicted molar refractivity (Wildman–Crippen MR) is 30.8 cm³/mol. The highest BCUT2D eigenvalue weighted by atomic mass is 32.1. The monoisotopic (exact) mass is 118 g/mol. The van der Waals surface area contributed by atoms with Gasteiger partial charge in [-0.05, 0) is 12.2 Å². The van der Waals surface area contributed by atoms with Crippen molar-refractivity contribution in [2.75, 3.05) is 0 Å². The van der Waals surface area contributed by atoms with Crippen molar-refractivity contribution in [2.45, 2.75) is 0 Å². The maximum atomic E-state index is 7.10. The molecule has 0 aromatic heterocycles. The van der Waals surface area contributed by atoms with Crippen LogP contribution in [0, 0.1) is 11.5 Å². The van der Waals surface area contributed by atoms with Crippen molar-refractivity contribution in [2.24, 2.45) is 17.2 Å². The van der Waals surface area contributed by atoms with Gasteiger partial charge in [-0.3, -0.25) is 0 Å². The fourth-order valence-corrected chi connectivity index (χ4v) is 0.